The van der Waals surface area contributed by atoms with Crippen molar-refractivity contribution in [1.82, 2.24) is 5.32 Å². The summed E-state index contributed by atoms with van der Waals surface area (Å²) in [6.07, 6.45) is -2.67. The van der Waals surface area contributed by atoms with E-state index in [0.717, 1.165) is 38.1 Å². The van der Waals surface area contributed by atoms with Gasteiger partial charge in [-0.05, 0) is 78.5 Å². The van der Waals surface area contributed by atoms with Gasteiger partial charge in [0.1, 0.15) is 5.82 Å². The summed E-state index contributed by atoms with van der Waals surface area (Å²) in [7, 11) is 0. The van der Waals surface area contributed by atoms with Crippen LogP contribution in [0.4, 0.5) is 17.6 Å². The third-order valence-electron chi connectivity index (χ3n) is 6.09. The molecule has 168 valence electrons. The van der Waals surface area contributed by atoms with Crippen molar-refractivity contribution in [2.75, 3.05) is 19.7 Å². The van der Waals surface area contributed by atoms with Crippen LogP contribution in [0, 0.1) is 5.82 Å². The fourth-order valence-corrected chi connectivity index (χ4v) is 4.33. The molecule has 6 heteroatoms. The molecule has 0 spiro atoms. The molecular formula is C26H25F4NO. The SMILES string of the molecule is Fc1ccc(-c2cc(COCC3(c4ccccc4)CCNCC3)cc(C(F)(F)F)c2)cc1. The molecule has 0 unspecified atom stereocenters. The van der Waals surface area contributed by atoms with Gasteiger partial charge >= 0.3 is 6.18 Å². The minimum Gasteiger partial charge on any atom is -0.376 e. The molecule has 0 aromatic heterocycles. The monoisotopic (exact) mass is 443 g/mol. The number of benzene rings is 3. The standard InChI is InChI=1S/C26H25F4NO/c27-24-8-6-20(7-9-24)21-14-19(15-23(16-21)26(28,29)30)17-32-18-25(10-12-31-13-11-25)22-4-2-1-3-5-22/h1-9,14-16,31H,10-13,17-18H2. The highest BCUT2D eigenvalue weighted by molar-refractivity contribution is 5.65. The quantitative estimate of drug-likeness (QED) is 0.448. The van der Waals surface area contributed by atoms with Gasteiger partial charge in [-0.2, -0.15) is 13.2 Å². The molecule has 1 aliphatic rings. The van der Waals surface area contributed by atoms with Crippen LogP contribution in [0.25, 0.3) is 11.1 Å². The molecule has 2 nitrogen and oxygen atoms in total. The van der Waals surface area contributed by atoms with Gasteiger partial charge in [-0.1, -0.05) is 42.5 Å². The van der Waals surface area contributed by atoms with E-state index in [1.54, 1.807) is 6.07 Å². The molecule has 0 bridgehead atoms. The first-order valence-corrected chi connectivity index (χ1v) is 10.7. The molecular weight excluding hydrogens is 418 g/mol. The van der Waals surface area contributed by atoms with Crippen molar-refractivity contribution in [2.24, 2.45) is 0 Å². The summed E-state index contributed by atoms with van der Waals surface area (Å²) >= 11 is 0. The van der Waals surface area contributed by atoms with Crippen molar-refractivity contribution in [2.45, 2.75) is 31.0 Å². The third-order valence-corrected chi connectivity index (χ3v) is 6.09. The molecule has 0 radical (unpaired) electrons. The molecule has 1 saturated heterocycles. The lowest BCUT2D eigenvalue weighted by atomic mass is 9.74. The van der Waals surface area contributed by atoms with Gasteiger partial charge in [0.15, 0.2) is 0 Å². The zero-order chi connectivity index (χ0) is 22.6. The fourth-order valence-electron chi connectivity index (χ4n) is 4.33. The van der Waals surface area contributed by atoms with Crippen LogP contribution in [0.1, 0.15) is 29.5 Å². The van der Waals surface area contributed by atoms with E-state index in [0.29, 0.717) is 23.3 Å². The van der Waals surface area contributed by atoms with Crippen LogP contribution in [-0.4, -0.2) is 19.7 Å². The summed E-state index contributed by atoms with van der Waals surface area (Å²) in [6, 6.07) is 19.5. The zero-order valence-electron chi connectivity index (χ0n) is 17.6. The van der Waals surface area contributed by atoms with Crippen LogP contribution in [-0.2, 0) is 22.9 Å². The maximum absolute atomic E-state index is 13.5. The summed E-state index contributed by atoms with van der Waals surface area (Å²) in [4.78, 5) is 0. The van der Waals surface area contributed by atoms with Crippen molar-refractivity contribution in [1.29, 1.82) is 0 Å². The Bertz CT molecular complexity index is 1030. The van der Waals surface area contributed by atoms with Gasteiger partial charge < -0.3 is 10.1 Å². The predicted octanol–water partition coefficient (Wildman–Crippen LogP) is 6.35. The Morgan fingerprint density at radius 1 is 0.844 bits per heavy atom. The summed E-state index contributed by atoms with van der Waals surface area (Å²) in [5, 5.41) is 3.36. The highest BCUT2D eigenvalue weighted by Crippen LogP contribution is 2.36. The van der Waals surface area contributed by atoms with Gasteiger partial charge in [-0.3, -0.25) is 0 Å². The van der Waals surface area contributed by atoms with E-state index in [2.05, 4.69) is 17.4 Å². The maximum Gasteiger partial charge on any atom is 0.416 e. The lowest BCUT2D eigenvalue weighted by molar-refractivity contribution is -0.137. The average molecular weight is 443 g/mol. The molecule has 0 saturated carbocycles. The largest absolute Gasteiger partial charge is 0.416 e. The van der Waals surface area contributed by atoms with Crippen molar-refractivity contribution in [3.05, 3.63) is 95.3 Å². The number of alkyl halides is 3. The predicted molar refractivity (Wildman–Crippen MR) is 117 cm³/mol. The second-order valence-electron chi connectivity index (χ2n) is 8.31. The fraction of sp³-hybridized carbons (Fsp3) is 0.308. The van der Waals surface area contributed by atoms with Crippen LogP contribution in [0.2, 0.25) is 0 Å². The second-order valence-corrected chi connectivity index (χ2v) is 8.31. The van der Waals surface area contributed by atoms with Crippen LogP contribution < -0.4 is 5.32 Å². The summed E-state index contributed by atoms with van der Waals surface area (Å²) in [6.45, 7) is 2.24. The Labute approximate surface area is 185 Å². The number of ether oxygens (including phenoxy) is 1. The van der Waals surface area contributed by atoms with E-state index >= 15 is 0 Å². The number of halogens is 4. The summed E-state index contributed by atoms with van der Waals surface area (Å²) in [5.41, 5.74) is 1.65. The Morgan fingerprint density at radius 2 is 1.53 bits per heavy atom. The molecule has 1 aliphatic heterocycles. The zero-order valence-corrected chi connectivity index (χ0v) is 17.6. The Kier molecular flexibility index (Phi) is 6.63. The van der Waals surface area contributed by atoms with E-state index in [-0.39, 0.29) is 12.0 Å². The first-order chi connectivity index (χ1) is 15.4. The third kappa shape index (κ3) is 5.19. The van der Waals surface area contributed by atoms with Crippen LogP contribution in [0.15, 0.2) is 72.8 Å². The molecule has 1 fully saturated rings. The first kappa shape index (κ1) is 22.5. The minimum atomic E-state index is -4.48. The Hall–Kier alpha value is -2.70. The van der Waals surface area contributed by atoms with Crippen molar-refractivity contribution in [3.63, 3.8) is 0 Å². The normalized spacial score (nSPS) is 16.1. The summed E-state index contributed by atoms with van der Waals surface area (Å²) < 4.78 is 59.9. The van der Waals surface area contributed by atoms with E-state index < -0.39 is 17.6 Å². The maximum atomic E-state index is 13.5. The highest BCUT2D eigenvalue weighted by atomic mass is 19.4. The van der Waals surface area contributed by atoms with Gasteiger partial charge in [-0.25, -0.2) is 4.39 Å². The van der Waals surface area contributed by atoms with E-state index in [1.807, 2.05) is 18.2 Å². The van der Waals surface area contributed by atoms with Crippen molar-refractivity contribution in [3.8, 4) is 11.1 Å². The number of hydrogen-bond acceptors (Lipinski definition) is 2. The van der Waals surface area contributed by atoms with Gasteiger partial charge in [0.25, 0.3) is 0 Å². The number of piperidine rings is 1. The lowest BCUT2D eigenvalue weighted by Crippen LogP contribution is -2.43. The van der Waals surface area contributed by atoms with E-state index in [4.69, 9.17) is 4.74 Å². The van der Waals surface area contributed by atoms with E-state index in [1.165, 1.54) is 29.8 Å². The van der Waals surface area contributed by atoms with Crippen molar-refractivity contribution < 1.29 is 22.3 Å². The number of rotatable bonds is 6. The lowest BCUT2D eigenvalue weighted by Gasteiger charge is -2.38. The first-order valence-electron chi connectivity index (χ1n) is 10.7. The van der Waals surface area contributed by atoms with Gasteiger partial charge in [-0.15, -0.1) is 0 Å². The van der Waals surface area contributed by atoms with Crippen molar-refractivity contribution >= 4 is 0 Å². The second kappa shape index (κ2) is 9.43. The minimum absolute atomic E-state index is 0.0696. The molecule has 1 N–H and O–H groups in total. The number of nitrogens with one attached hydrogen (secondary N) is 1. The van der Waals surface area contributed by atoms with Crippen LogP contribution in [0.5, 0.6) is 0 Å². The molecule has 32 heavy (non-hydrogen) atoms. The van der Waals surface area contributed by atoms with Crippen LogP contribution in [0.3, 0.4) is 0 Å². The topological polar surface area (TPSA) is 21.3 Å². The molecule has 0 amide bonds. The molecule has 1 heterocycles. The smallest absolute Gasteiger partial charge is 0.376 e. The van der Waals surface area contributed by atoms with Gasteiger partial charge in [0.2, 0.25) is 0 Å². The van der Waals surface area contributed by atoms with Crippen LogP contribution >= 0.6 is 0 Å². The molecule has 0 atom stereocenters. The summed E-state index contributed by atoms with van der Waals surface area (Å²) in [5.74, 6) is -0.433. The van der Waals surface area contributed by atoms with E-state index in [9.17, 15) is 17.6 Å². The van der Waals surface area contributed by atoms with Gasteiger partial charge in [0.05, 0.1) is 18.8 Å². The molecule has 0 aliphatic carbocycles. The molecule has 3 aromatic carbocycles. The Morgan fingerprint density at radius 3 is 2.19 bits per heavy atom. The average Bonchev–Trinajstić information content (AvgIpc) is 2.80. The number of hydrogen-bond donors (Lipinski definition) is 1. The molecule has 3 aromatic rings. The Balaban J connectivity index is 1.56. The highest BCUT2D eigenvalue weighted by Gasteiger charge is 2.34. The van der Waals surface area contributed by atoms with Gasteiger partial charge in [0, 0.05) is 5.41 Å². The molecule has 4 rings (SSSR count).